The Morgan fingerprint density at radius 2 is 0.930 bits per heavy atom. The lowest BCUT2D eigenvalue weighted by molar-refractivity contribution is -0.941. The highest BCUT2D eigenvalue weighted by molar-refractivity contribution is 5.98. The molecule has 2 aliphatic rings. The summed E-state index contributed by atoms with van der Waals surface area (Å²) in [5, 5.41) is 0. The minimum absolute atomic E-state index is 0.0886. The Morgan fingerprint density at radius 3 is 1.41 bits per heavy atom. The molecule has 4 aromatic rings. The standard InChI is InChI=1S/C54H70N2O15/c1-55(24-20-35-31-43(63-7)51(66-10)53(68-12)47(35)38(55)28-34-29-41(61-5)50(65-9)42(30-34)62-6)22-14-26-70-45(57)18-19-46(58)71-27-15-23-56(2)25-21-36-32-44(64-8)52(67-11)54(69-13)48(36)49(56)37-16-17-39(59-3)40(33-37)60-4/h16-17,29-33,38,49H,14-15,20-28H2,1-13H3/q+2. The first-order chi connectivity index (χ1) is 34.2. The number of quaternary nitrogens is 2. The largest absolute Gasteiger partial charge is 0.493 e. The van der Waals surface area contributed by atoms with Gasteiger partial charge < -0.3 is 70.5 Å². The lowest BCUT2D eigenvalue weighted by Gasteiger charge is -2.46. The van der Waals surface area contributed by atoms with Crippen molar-refractivity contribution in [3.05, 3.63) is 75.8 Å². The van der Waals surface area contributed by atoms with Gasteiger partial charge in [0.15, 0.2) is 46.0 Å². The van der Waals surface area contributed by atoms with Gasteiger partial charge in [0.25, 0.3) is 0 Å². The van der Waals surface area contributed by atoms with Gasteiger partial charge in [0, 0.05) is 49.5 Å². The number of likely N-dealkylation sites (N-methyl/N-ethyl adjacent to an activating group) is 2. The van der Waals surface area contributed by atoms with Crippen LogP contribution in [-0.4, -0.2) is 153 Å². The summed E-state index contributed by atoms with van der Waals surface area (Å²) in [6, 6.07) is 13.5. The molecule has 0 amide bonds. The summed E-state index contributed by atoms with van der Waals surface area (Å²) in [5.74, 6) is 9.20. The fraction of sp³-hybridized carbons (Fsp3) is 0.481. The number of methoxy groups -OCH3 is 11. The second-order valence-corrected chi connectivity index (χ2v) is 17.8. The third-order valence-electron chi connectivity index (χ3n) is 13.9. The summed E-state index contributed by atoms with van der Waals surface area (Å²) < 4.78 is 75.7. The molecule has 0 spiro atoms. The number of carbonyl (C=O) groups excluding carboxylic acids is 2. The van der Waals surface area contributed by atoms with Crippen LogP contribution < -0.4 is 52.1 Å². The number of rotatable bonds is 22. The molecule has 0 aromatic heterocycles. The van der Waals surface area contributed by atoms with Crippen LogP contribution >= 0.6 is 0 Å². The van der Waals surface area contributed by atoms with E-state index in [4.69, 9.17) is 61.6 Å². The fourth-order valence-corrected chi connectivity index (χ4v) is 10.4. The van der Waals surface area contributed by atoms with Crippen LogP contribution in [0.15, 0.2) is 42.5 Å². The van der Waals surface area contributed by atoms with Crippen molar-refractivity contribution < 1.29 is 80.1 Å². The van der Waals surface area contributed by atoms with Crippen LogP contribution in [-0.2, 0) is 38.3 Å². The van der Waals surface area contributed by atoms with Crippen LogP contribution in [0.4, 0.5) is 0 Å². The van der Waals surface area contributed by atoms with Gasteiger partial charge in [-0.2, -0.15) is 0 Å². The first-order valence-corrected chi connectivity index (χ1v) is 23.4. The minimum atomic E-state index is -0.816. The van der Waals surface area contributed by atoms with Gasteiger partial charge in [-0.15, -0.1) is 0 Å². The quantitative estimate of drug-likeness (QED) is 0.0269. The summed E-state index contributed by atoms with van der Waals surface area (Å²) >= 11 is 0. The normalized spacial score (nSPS) is 18.8. The van der Waals surface area contributed by atoms with Crippen molar-refractivity contribution in [2.45, 2.75) is 44.2 Å². The third kappa shape index (κ3) is 11.2. The lowest BCUT2D eigenvalue weighted by Crippen LogP contribution is -2.52. The van der Waals surface area contributed by atoms with Crippen molar-refractivity contribution in [1.29, 1.82) is 0 Å². The smallest absolute Gasteiger partial charge is 0.384 e. The highest BCUT2D eigenvalue weighted by Crippen LogP contribution is 2.53. The maximum atomic E-state index is 12.9. The number of nitrogens with zero attached hydrogens (tertiary/aromatic N) is 2. The number of hydrogen-bond acceptors (Lipinski definition) is 15. The highest BCUT2D eigenvalue weighted by atomic mass is 16.6. The summed E-state index contributed by atoms with van der Waals surface area (Å²) in [5.41, 5.74) is 6.09. The molecule has 0 N–H and O–H groups in total. The zero-order chi connectivity index (χ0) is 51.5. The Bertz CT molecular complexity index is 2580. The molecule has 17 nitrogen and oxygen atoms in total. The van der Waals surface area contributed by atoms with Gasteiger partial charge in [-0.25, -0.2) is 9.59 Å². The van der Waals surface area contributed by atoms with Crippen molar-refractivity contribution >= 4 is 11.9 Å². The summed E-state index contributed by atoms with van der Waals surface area (Å²) in [6.45, 7) is 2.99. The minimum Gasteiger partial charge on any atom is -0.493 e. The van der Waals surface area contributed by atoms with Gasteiger partial charge in [0.1, 0.15) is 12.1 Å². The van der Waals surface area contributed by atoms with Crippen molar-refractivity contribution in [2.24, 2.45) is 0 Å². The van der Waals surface area contributed by atoms with Gasteiger partial charge in [-0.3, -0.25) is 0 Å². The maximum Gasteiger partial charge on any atom is 0.384 e. The molecule has 384 valence electrons. The average molecular weight is 987 g/mol. The average Bonchev–Trinajstić information content (AvgIpc) is 3.39. The molecule has 6 rings (SSSR count). The molecule has 71 heavy (non-hydrogen) atoms. The van der Waals surface area contributed by atoms with E-state index in [0.717, 1.165) is 59.3 Å². The monoisotopic (exact) mass is 986 g/mol. The number of carbonyl (C=O) groups is 2. The summed E-state index contributed by atoms with van der Waals surface area (Å²) in [7, 11) is 22.0. The van der Waals surface area contributed by atoms with Crippen molar-refractivity contribution in [3.8, 4) is 75.1 Å². The zero-order valence-electron chi connectivity index (χ0n) is 43.5. The van der Waals surface area contributed by atoms with Gasteiger partial charge >= 0.3 is 11.9 Å². The van der Waals surface area contributed by atoms with E-state index in [0.29, 0.717) is 105 Å². The molecule has 0 bridgehead atoms. The van der Waals surface area contributed by atoms with Crippen LogP contribution in [0.2, 0.25) is 0 Å². The van der Waals surface area contributed by atoms with Crippen LogP contribution in [0.25, 0.3) is 0 Å². The van der Waals surface area contributed by atoms with Gasteiger partial charge in [0.2, 0.25) is 17.2 Å². The Balaban J connectivity index is 1.11. The molecule has 2 aliphatic heterocycles. The summed E-state index contributed by atoms with van der Waals surface area (Å²) in [4.78, 5) is 25.7. The molecule has 0 radical (unpaired) electrons. The molecular weight excluding hydrogens is 917 g/mol. The number of hydrogen-bond donors (Lipinski definition) is 0. The summed E-state index contributed by atoms with van der Waals surface area (Å²) in [6.07, 6.45) is 3.08. The molecular formula is C54H70N2O15+2. The van der Waals surface area contributed by atoms with Gasteiger partial charge in [0.05, 0.1) is 143 Å². The van der Waals surface area contributed by atoms with Crippen molar-refractivity contribution in [1.82, 2.24) is 0 Å². The first-order valence-electron chi connectivity index (χ1n) is 23.4. The molecule has 4 aromatic carbocycles. The fourth-order valence-electron chi connectivity index (χ4n) is 10.4. The van der Waals surface area contributed by atoms with Crippen LogP contribution in [0.1, 0.15) is 58.3 Å². The van der Waals surface area contributed by atoms with E-state index in [9.17, 15) is 9.59 Å². The molecule has 0 fully saturated rings. The maximum absolute atomic E-state index is 12.9. The lowest BCUT2D eigenvalue weighted by atomic mass is 9.84. The molecule has 4 unspecified atom stereocenters. The van der Waals surface area contributed by atoms with E-state index in [2.05, 4.69) is 25.9 Å². The van der Waals surface area contributed by atoms with Crippen LogP contribution in [0.5, 0.6) is 63.2 Å². The number of fused-ring (bicyclic) bond motifs is 2. The zero-order valence-corrected chi connectivity index (χ0v) is 43.5. The number of ether oxygens (including phenoxy) is 13. The molecule has 17 heteroatoms. The molecule has 2 heterocycles. The van der Waals surface area contributed by atoms with E-state index in [1.165, 1.54) is 0 Å². The van der Waals surface area contributed by atoms with Crippen molar-refractivity contribution in [3.63, 3.8) is 0 Å². The molecule has 4 atom stereocenters. The first kappa shape index (κ1) is 53.5. The Morgan fingerprint density at radius 1 is 0.493 bits per heavy atom. The van der Waals surface area contributed by atoms with E-state index >= 15 is 0 Å². The van der Waals surface area contributed by atoms with Crippen LogP contribution in [0, 0.1) is 11.8 Å². The molecule has 0 saturated carbocycles. The number of benzene rings is 4. The number of esters is 2. The van der Waals surface area contributed by atoms with Gasteiger partial charge in [-0.05, 0) is 59.2 Å². The van der Waals surface area contributed by atoms with Gasteiger partial charge in [-0.1, -0.05) is 0 Å². The Kier molecular flexibility index (Phi) is 17.9. The van der Waals surface area contributed by atoms with E-state index in [-0.39, 0.29) is 25.3 Å². The van der Waals surface area contributed by atoms with E-state index in [1.807, 2.05) is 42.5 Å². The second kappa shape index (κ2) is 23.8. The Labute approximate surface area is 417 Å². The molecule has 0 saturated heterocycles. The SMILES string of the molecule is COc1ccc(C2c3c(cc(OC)c(OC)c3OC)CC[N+]2(C)CCCOC(=O)C#CC(=O)OCCC[N+]2(C)CCc3cc(OC)c(OC)c(OC)c3C2Cc2cc(OC)c(OC)c(OC)c2)cc1OC. The van der Waals surface area contributed by atoms with E-state index in [1.54, 1.807) is 78.2 Å². The van der Waals surface area contributed by atoms with Crippen molar-refractivity contribution in [2.75, 3.05) is 132 Å². The third-order valence-corrected chi connectivity index (χ3v) is 13.9. The topological polar surface area (TPSA) is 154 Å². The second-order valence-electron chi connectivity index (χ2n) is 17.8. The highest BCUT2D eigenvalue weighted by Gasteiger charge is 2.45. The van der Waals surface area contributed by atoms with E-state index < -0.39 is 11.9 Å². The molecule has 0 aliphatic carbocycles. The Hall–Kier alpha value is -6.90. The predicted octanol–water partition coefficient (Wildman–Crippen LogP) is 6.73. The predicted molar refractivity (Wildman–Crippen MR) is 264 cm³/mol. The van der Waals surface area contributed by atoms with Crippen LogP contribution in [0.3, 0.4) is 0 Å².